The molecular weight excluding hydrogens is 419 g/mol. The van der Waals surface area contributed by atoms with Gasteiger partial charge in [-0.25, -0.2) is 9.07 Å². The summed E-state index contributed by atoms with van der Waals surface area (Å²) in [5.74, 6) is -0.249. The zero-order chi connectivity index (χ0) is 21.3. The van der Waals surface area contributed by atoms with Crippen molar-refractivity contribution >= 4 is 35.1 Å². The van der Waals surface area contributed by atoms with E-state index >= 15 is 0 Å². The first-order valence-electron chi connectivity index (χ1n) is 9.43. The monoisotopic (exact) mass is 438 g/mol. The van der Waals surface area contributed by atoms with E-state index in [1.54, 1.807) is 42.0 Å². The molecule has 4 rings (SSSR count). The Morgan fingerprint density at radius 2 is 1.77 bits per heavy atom. The lowest BCUT2D eigenvalue weighted by Gasteiger charge is -2.13. The minimum absolute atomic E-state index is 0.249. The number of hydrogen-bond donors (Lipinski definition) is 1. The van der Waals surface area contributed by atoms with E-state index in [1.165, 1.54) is 12.1 Å². The highest BCUT2D eigenvalue weighted by atomic mass is 35.5. The van der Waals surface area contributed by atoms with Crippen LogP contribution < -0.4 is 0 Å². The van der Waals surface area contributed by atoms with Crippen LogP contribution in [0.5, 0.6) is 0 Å². The van der Waals surface area contributed by atoms with Crippen molar-refractivity contribution in [3.8, 4) is 16.3 Å². The van der Waals surface area contributed by atoms with Crippen molar-refractivity contribution in [2.45, 2.75) is 19.4 Å². The van der Waals surface area contributed by atoms with Crippen molar-refractivity contribution in [1.82, 2.24) is 9.78 Å². The van der Waals surface area contributed by atoms with Gasteiger partial charge in [-0.2, -0.15) is 5.10 Å². The number of rotatable bonds is 5. The Morgan fingerprint density at radius 1 is 1.03 bits per heavy atom. The van der Waals surface area contributed by atoms with E-state index in [2.05, 4.69) is 5.10 Å². The summed E-state index contributed by atoms with van der Waals surface area (Å²) in [5, 5.41) is 15.7. The maximum Gasteiger partial charge on any atom is 0.123 e. The van der Waals surface area contributed by atoms with Gasteiger partial charge in [-0.1, -0.05) is 41.9 Å². The van der Waals surface area contributed by atoms with Crippen LogP contribution in [-0.2, 0) is 5.60 Å². The SMILES string of the molecule is CC(C)(O)c1cc(-c2ccc(/C=C/c3ccc(F)cc3)s2)n(-c2ccccc2Cl)n1. The number of aromatic nitrogens is 2. The van der Waals surface area contributed by atoms with Crippen LogP contribution in [0.1, 0.15) is 30.0 Å². The molecule has 1 N–H and O–H groups in total. The van der Waals surface area contributed by atoms with E-state index in [9.17, 15) is 9.50 Å². The molecule has 0 aliphatic rings. The number of benzene rings is 2. The molecule has 2 heterocycles. The maximum atomic E-state index is 13.1. The summed E-state index contributed by atoms with van der Waals surface area (Å²) in [7, 11) is 0. The minimum atomic E-state index is -1.08. The Bertz CT molecular complexity index is 1200. The Kier molecular flexibility index (Phi) is 5.60. The van der Waals surface area contributed by atoms with Gasteiger partial charge in [0.15, 0.2) is 0 Å². The molecule has 6 heteroatoms. The van der Waals surface area contributed by atoms with Gasteiger partial charge in [-0.05, 0) is 68.0 Å². The first kappa shape index (κ1) is 20.5. The quantitative estimate of drug-likeness (QED) is 0.372. The van der Waals surface area contributed by atoms with Crippen LogP contribution in [0.3, 0.4) is 0 Å². The van der Waals surface area contributed by atoms with Gasteiger partial charge in [0, 0.05) is 4.88 Å². The molecule has 2 aromatic heterocycles. The largest absolute Gasteiger partial charge is 0.384 e. The van der Waals surface area contributed by atoms with Crippen molar-refractivity contribution < 1.29 is 9.50 Å². The molecule has 3 nitrogen and oxygen atoms in total. The smallest absolute Gasteiger partial charge is 0.123 e. The maximum absolute atomic E-state index is 13.1. The standard InChI is InChI=1S/C24H20ClFN2OS/c1-24(2,29)23-15-21(28(27-23)20-6-4-3-5-19(20)25)22-14-13-18(30-22)12-9-16-7-10-17(26)11-8-16/h3-15,29H,1-2H3/b12-9+. The Morgan fingerprint density at radius 3 is 2.47 bits per heavy atom. The van der Waals surface area contributed by atoms with Crippen LogP contribution in [-0.4, -0.2) is 14.9 Å². The first-order valence-corrected chi connectivity index (χ1v) is 10.6. The molecule has 0 saturated carbocycles. The van der Waals surface area contributed by atoms with Crippen LogP contribution in [0.4, 0.5) is 4.39 Å². The van der Waals surface area contributed by atoms with E-state index in [-0.39, 0.29) is 5.82 Å². The van der Waals surface area contributed by atoms with E-state index < -0.39 is 5.60 Å². The molecule has 0 amide bonds. The molecule has 0 unspecified atom stereocenters. The lowest BCUT2D eigenvalue weighted by atomic mass is 10.1. The number of aliphatic hydroxyl groups is 1. The third kappa shape index (κ3) is 4.38. The van der Waals surface area contributed by atoms with Gasteiger partial charge in [0.2, 0.25) is 0 Å². The molecule has 0 fully saturated rings. The van der Waals surface area contributed by atoms with E-state index in [4.69, 9.17) is 11.6 Å². The van der Waals surface area contributed by atoms with Crippen molar-refractivity contribution in [3.05, 3.63) is 93.7 Å². The Hall–Kier alpha value is -2.73. The van der Waals surface area contributed by atoms with Gasteiger partial charge < -0.3 is 5.11 Å². The highest BCUT2D eigenvalue weighted by Gasteiger charge is 2.24. The summed E-state index contributed by atoms with van der Waals surface area (Å²) in [4.78, 5) is 2.04. The number of para-hydroxylation sites is 1. The second kappa shape index (κ2) is 8.19. The molecule has 30 heavy (non-hydrogen) atoms. The van der Waals surface area contributed by atoms with Gasteiger partial charge in [0.25, 0.3) is 0 Å². The molecule has 4 aromatic rings. The van der Waals surface area contributed by atoms with Gasteiger partial charge in [-0.15, -0.1) is 11.3 Å². The normalized spacial score (nSPS) is 12.0. The lowest BCUT2D eigenvalue weighted by molar-refractivity contribution is 0.0734. The van der Waals surface area contributed by atoms with Crippen molar-refractivity contribution in [2.75, 3.05) is 0 Å². The van der Waals surface area contributed by atoms with Crippen LogP contribution in [0.25, 0.3) is 28.4 Å². The molecule has 0 saturated heterocycles. The molecule has 0 spiro atoms. The van der Waals surface area contributed by atoms with Gasteiger partial charge >= 0.3 is 0 Å². The number of nitrogens with zero attached hydrogens (tertiary/aromatic N) is 2. The van der Waals surface area contributed by atoms with Gasteiger partial charge in [0.05, 0.1) is 27.0 Å². The summed E-state index contributed by atoms with van der Waals surface area (Å²) in [6.07, 6.45) is 3.94. The van der Waals surface area contributed by atoms with E-state index in [0.29, 0.717) is 10.7 Å². The molecule has 0 bridgehead atoms. The van der Waals surface area contributed by atoms with Crippen LogP contribution in [0.2, 0.25) is 5.02 Å². The fourth-order valence-corrected chi connectivity index (χ4v) is 4.12. The summed E-state index contributed by atoms with van der Waals surface area (Å²) in [6, 6.07) is 19.8. The molecule has 0 aliphatic carbocycles. The number of hydrogen-bond acceptors (Lipinski definition) is 3. The summed E-state index contributed by atoms with van der Waals surface area (Å²) in [6.45, 7) is 3.42. The fraction of sp³-hybridized carbons (Fsp3) is 0.125. The van der Waals surface area contributed by atoms with Gasteiger partial charge in [0.1, 0.15) is 11.4 Å². The minimum Gasteiger partial charge on any atom is -0.384 e. The Balaban J connectivity index is 1.73. The van der Waals surface area contributed by atoms with Crippen LogP contribution in [0, 0.1) is 5.82 Å². The number of halogens is 2. The summed E-state index contributed by atoms with van der Waals surface area (Å²) >= 11 is 8.02. The third-order valence-corrected chi connectivity index (χ3v) is 6.00. The third-order valence-electron chi connectivity index (χ3n) is 4.61. The van der Waals surface area contributed by atoms with Gasteiger partial charge in [-0.3, -0.25) is 0 Å². The predicted octanol–water partition coefficient (Wildman–Crippen LogP) is 6.79. The summed E-state index contributed by atoms with van der Waals surface area (Å²) < 4.78 is 14.8. The van der Waals surface area contributed by atoms with E-state index in [1.807, 2.05) is 54.6 Å². The lowest BCUT2D eigenvalue weighted by Crippen LogP contribution is -2.16. The summed E-state index contributed by atoms with van der Waals surface area (Å²) in [5.41, 5.74) is 2.02. The second-order valence-electron chi connectivity index (χ2n) is 7.42. The van der Waals surface area contributed by atoms with Crippen molar-refractivity contribution in [3.63, 3.8) is 0 Å². The molecule has 152 valence electrons. The second-order valence-corrected chi connectivity index (χ2v) is 8.95. The Labute approximate surface area is 183 Å². The average Bonchev–Trinajstić information content (AvgIpc) is 3.35. The average molecular weight is 439 g/mol. The first-order chi connectivity index (χ1) is 14.3. The topological polar surface area (TPSA) is 38.0 Å². The predicted molar refractivity (Wildman–Crippen MR) is 122 cm³/mol. The number of thiophene rings is 1. The van der Waals surface area contributed by atoms with Crippen LogP contribution in [0.15, 0.2) is 66.7 Å². The highest BCUT2D eigenvalue weighted by Crippen LogP contribution is 2.35. The zero-order valence-electron chi connectivity index (χ0n) is 16.5. The molecule has 2 aromatic carbocycles. The molecular formula is C24H20ClFN2OS. The van der Waals surface area contributed by atoms with Crippen molar-refractivity contribution in [2.24, 2.45) is 0 Å². The van der Waals surface area contributed by atoms with E-state index in [0.717, 1.165) is 26.7 Å². The van der Waals surface area contributed by atoms with Crippen LogP contribution >= 0.6 is 22.9 Å². The molecule has 0 radical (unpaired) electrons. The van der Waals surface area contributed by atoms with Crippen molar-refractivity contribution in [1.29, 1.82) is 0 Å². The zero-order valence-corrected chi connectivity index (χ0v) is 18.1. The molecule has 0 aliphatic heterocycles. The highest BCUT2D eigenvalue weighted by molar-refractivity contribution is 7.16. The fourth-order valence-electron chi connectivity index (χ4n) is 3.00. The molecule has 0 atom stereocenters.